The topological polar surface area (TPSA) is 69.9 Å². The molecule has 0 aliphatic carbocycles. The molecular formula is C14H14N4O. The van der Waals surface area contributed by atoms with E-state index >= 15 is 0 Å². The van der Waals surface area contributed by atoms with Gasteiger partial charge < -0.3 is 10.2 Å². The van der Waals surface area contributed by atoms with E-state index in [0.717, 1.165) is 28.3 Å². The van der Waals surface area contributed by atoms with Crippen molar-refractivity contribution in [3.05, 3.63) is 42.4 Å². The minimum Gasteiger partial charge on any atom is -0.460 e. The largest absolute Gasteiger partial charge is 0.460 e. The van der Waals surface area contributed by atoms with Crippen LogP contribution in [0, 0.1) is 6.92 Å². The highest BCUT2D eigenvalue weighted by molar-refractivity contribution is 5.86. The van der Waals surface area contributed by atoms with Gasteiger partial charge in [-0.05, 0) is 36.8 Å². The number of pyridine rings is 1. The van der Waals surface area contributed by atoms with E-state index in [1.54, 1.807) is 17.1 Å². The molecule has 0 radical (unpaired) electrons. The lowest BCUT2D eigenvalue weighted by molar-refractivity contribution is 0.545. The Morgan fingerprint density at radius 3 is 2.53 bits per heavy atom. The Labute approximate surface area is 110 Å². The van der Waals surface area contributed by atoms with Crippen LogP contribution in [-0.4, -0.2) is 14.8 Å². The van der Waals surface area contributed by atoms with Crippen molar-refractivity contribution in [1.29, 1.82) is 0 Å². The minimum atomic E-state index is 0.607. The fourth-order valence-corrected chi connectivity index (χ4v) is 2.07. The van der Waals surface area contributed by atoms with Crippen LogP contribution in [0.2, 0.25) is 0 Å². The van der Waals surface area contributed by atoms with Crippen molar-refractivity contribution in [1.82, 2.24) is 14.8 Å². The summed E-state index contributed by atoms with van der Waals surface area (Å²) in [4.78, 5) is 4.02. The summed E-state index contributed by atoms with van der Waals surface area (Å²) < 4.78 is 7.31. The van der Waals surface area contributed by atoms with Crippen LogP contribution in [0.1, 0.15) is 5.76 Å². The summed E-state index contributed by atoms with van der Waals surface area (Å²) in [7, 11) is 1.82. The number of rotatable bonds is 2. The van der Waals surface area contributed by atoms with Gasteiger partial charge in [-0.2, -0.15) is 5.10 Å². The highest BCUT2D eigenvalue weighted by atomic mass is 16.3. The average Bonchev–Trinajstić information content (AvgIpc) is 2.96. The first-order chi connectivity index (χ1) is 9.16. The number of nitrogens with zero attached hydrogens (tertiary/aromatic N) is 3. The van der Waals surface area contributed by atoms with Crippen LogP contribution in [0.4, 0.5) is 5.82 Å². The summed E-state index contributed by atoms with van der Waals surface area (Å²) in [5.41, 5.74) is 8.72. The quantitative estimate of drug-likeness (QED) is 0.763. The number of furan rings is 1. The van der Waals surface area contributed by atoms with Crippen LogP contribution in [0.3, 0.4) is 0 Å². The lowest BCUT2D eigenvalue weighted by Gasteiger charge is -2.02. The first kappa shape index (κ1) is 11.5. The maximum atomic E-state index is 6.12. The number of hydrogen-bond donors (Lipinski definition) is 1. The van der Waals surface area contributed by atoms with Crippen LogP contribution in [0.25, 0.3) is 22.6 Å². The van der Waals surface area contributed by atoms with Gasteiger partial charge in [-0.3, -0.25) is 9.67 Å². The van der Waals surface area contributed by atoms with Gasteiger partial charge in [0.1, 0.15) is 17.3 Å². The summed E-state index contributed by atoms with van der Waals surface area (Å²) in [6.07, 6.45) is 3.47. The molecule has 0 aliphatic rings. The molecule has 0 saturated carbocycles. The maximum Gasteiger partial charge on any atom is 0.155 e. The molecule has 0 amide bonds. The van der Waals surface area contributed by atoms with E-state index in [1.165, 1.54) is 0 Å². The van der Waals surface area contributed by atoms with Crippen LogP contribution in [0.5, 0.6) is 0 Å². The fraction of sp³-hybridized carbons (Fsp3) is 0.143. The van der Waals surface area contributed by atoms with Crippen molar-refractivity contribution < 1.29 is 4.42 Å². The standard InChI is InChI=1S/C14H14N4O/c1-9-3-4-11(19-9)13-12(14(15)18(2)17-13)10-5-7-16-8-6-10/h3-8H,15H2,1-2H3. The van der Waals surface area contributed by atoms with E-state index in [-0.39, 0.29) is 0 Å². The number of anilines is 1. The van der Waals surface area contributed by atoms with E-state index in [0.29, 0.717) is 5.82 Å². The number of aromatic nitrogens is 3. The Hall–Kier alpha value is -2.56. The van der Waals surface area contributed by atoms with Crippen molar-refractivity contribution in [3.8, 4) is 22.6 Å². The number of aryl methyl sites for hydroxylation is 2. The second-order valence-electron chi connectivity index (χ2n) is 4.38. The first-order valence-corrected chi connectivity index (χ1v) is 5.96. The van der Waals surface area contributed by atoms with E-state index < -0.39 is 0 Å². The van der Waals surface area contributed by atoms with Crippen LogP contribution >= 0.6 is 0 Å². The van der Waals surface area contributed by atoms with Crippen molar-refractivity contribution >= 4 is 5.82 Å². The van der Waals surface area contributed by atoms with E-state index in [1.807, 2.05) is 38.2 Å². The van der Waals surface area contributed by atoms with Crippen molar-refractivity contribution in [2.24, 2.45) is 7.05 Å². The summed E-state index contributed by atoms with van der Waals surface area (Å²) in [6, 6.07) is 7.64. The molecule has 0 aliphatic heterocycles. The number of hydrogen-bond acceptors (Lipinski definition) is 4. The van der Waals surface area contributed by atoms with Gasteiger partial charge in [0, 0.05) is 19.4 Å². The van der Waals surface area contributed by atoms with Gasteiger partial charge in [-0.15, -0.1) is 0 Å². The van der Waals surface area contributed by atoms with Gasteiger partial charge in [0.2, 0.25) is 0 Å². The average molecular weight is 254 g/mol. The zero-order valence-electron chi connectivity index (χ0n) is 10.8. The van der Waals surface area contributed by atoms with E-state index in [2.05, 4.69) is 10.1 Å². The molecule has 0 saturated heterocycles. The lowest BCUT2D eigenvalue weighted by atomic mass is 10.1. The first-order valence-electron chi connectivity index (χ1n) is 5.96. The molecule has 5 heteroatoms. The Bertz CT molecular complexity index is 712. The Balaban J connectivity index is 2.24. The van der Waals surface area contributed by atoms with E-state index in [9.17, 15) is 0 Å². The zero-order valence-corrected chi connectivity index (χ0v) is 10.8. The molecule has 2 N–H and O–H groups in total. The fourth-order valence-electron chi connectivity index (χ4n) is 2.07. The van der Waals surface area contributed by atoms with Crippen molar-refractivity contribution in [3.63, 3.8) is 0 Å². The Kier molecular flexibility index (Phi) is 2.59. The third-order valence-corrected chi connectivity index (χ3v) is 3.03. The molecule has 0 fully saturated rings. The van der Waals surface area contributed by atoms with Gasteiger partial charge in [0.25, 0.3) is 0 Å². The third kappa shape index (κ3) is 1.89. The molecule has 96 valence electrons. The summed E-state index contributed by atoms with van der Waals surface area (Å²) >= 11 is 0. The zero-order chi connectivity index (χ0) is 13.4. The number of nitrogen functional groups attached to an aromatic ring is 1. The third-order valence-electron chi connectivity index (χ3n) is 3.03. The smallest absolute Gasteiger partial charge is 0.155 e. The van der Waals surface area contributed by atoms with Crippen LogP contribution in [-0.2, 0) is 7.05 Å². The molecule has 3 rings (SSSR count). The molecule has 0 unspecified atom stereocenters. The molecule has 3 heterocycles. The van der Waals surface area contributed by atoms with E-state index in [4.69, 9.17) is 10.2 Å². The van der Waals surface area contributed by atoms with Crippen LogP contribution in [0.15, 0.2) is 41.1 Å². The predicted molar refractivity (Wildman–Crippen MR) is 73.3 cm³/mol. The highest BCUT2D eigenvalue weighted by Gasteiger charge is 2.19. The monoisotopic (exact) mass is 254 g/mol. The summed E-state index contributed by atoms with van der Waals surface area (Å²) in [5, 5.41) is 4.45. The second-order valence-corrected chi connectivity index (χ2v) is 4.38. The van der Waals surface area contributed by atoms with Gasteiger partial charge in [-0.25, -0.2) is 0 Å². The molecular weight excluding hydrogens is 240 g/mol. The molecule has 3 aromatic heterocycles. The lowest BCUT2D eigenvalue weighted by Crippen LogP contribution is -1.97. The number of nitrogens with two attached hydrogens (primary N) is 1. The molecule has 0 atom stereocenters. The SMILES string of the molecule is Cc1ccc(-c2nn(C)c(N)c2-c2ccncc2)o1. The van der Waals surface area contributed by atoms with Gasteiger partial charge in [0.15, 0.2) is 5.76 Å². The van der Waals surface area contributed by atoms with Gasteiger partial charge >= 0.3 is 0 Å². The summed E-state index contributed by atoms with van der Waals surface area (Å²) in [5.74, 6) is 2.17. The normalized spacial score (nSPS) is 10.8. The molecule has 19 heavy (non-hydrogen) atoms. The molecule has 5 nitrogen and oxygen atoms in total. The van der Waals surface area contributed by atoms with Gasteiger partial charge in [-0.1, -0.05) is 0 Å². The molecule has 3 aromatic rings. The highest BCUT2D eigenvalue weighted by Crippen LogP contribution is 2.36. The minimum absolute atomic E-state index is 0.607. The Morgan fingerprint density at radius 1 is 1.16 bits per heavy atom. The second kappa shape index (κ2) is 4.28. The predicted octanol–water partition coefficient (Wildman–Crippen LogP) is 2.63. The Morgan fingerprint density at radius 2 is 1.89 bits per heavy atom. The molecule has 0 bridgehead atoms. The summed E-state index contributed by atoms with van der Waals surface area (Å²) in [6.45, 7) is 1.90. The van der Waals surface area contributed by atoms with Crippen molar-refractivity contribution in [2.75, 3.05) is 5.73 Å². The van der Waals surface area contributed by atoms with Crippen LogP contribution < -0.4 is 5.73 Å². The maximum absolute atomic E-state index is 6.12. The van der Waals surface area contributed by atoms with Crippen molar-refractivity contribution in [2.45, 2.75) is 6.92 Å². The van der Waals surface area contributed by atoms with Gasteiger partial charge in [0.05, 0.1) is 5.56 Å². The molecule has 0 aromatic carbocycles. The molecule has 0 spiro atoms.